The van der Waals surface area contributed by atoms with Gasteiger partial charge in [-0.05, 0) is 75.5 Å². The lowest BCUT2D eigenvalue weighted by molar-refractivity contribution is -0.145. The summed E-state index contributed by atoms with van der Waals surface area (Å²) in [5, 5.41) is 0. The van der Waals surface area contributed by atoms with Gasteiger partial charge in [0.15, 0.2) is 0 Å². The number of ether oxygens (including phenoxy) is 4. The van der Waals surface area contributed by atoms with E-state index in [1.165, 1.54) is 25.7 Å². The molecular formula is C28H44O8. The normalized spacial score (nSPS) is 19.4. The molecule has 2 saturated carbocycles. The van der Waals surface area contributed by atoms with Crippen molar-refractivity contribution in [1.82, 2.24) is 0 Å². The summed E-state index contributed by atoms with van der Waals surface area (Å²) >= 11 is 0. The summed E-state index contributed by atoms with van der Waals surface area (Å²) in [4.78, 5) is 44.0. The van der Waals surface area contributed by atoms with E-state index >= 15 is 0 Å². The third kappa shape index (κ3) is 14.7. The van der Waals surface area contributed by atoms with E-state index in [1.807, 2.05) is 6.92 Å². The highest BCUT2D eigenvalue weighted by Crippen LogP contribution is 2.49. The van der Waals surface area contributed by atoms with E-state index in [-0.39, 0.29) is 11.9 Å². The summed E-state index contributed by atoms with van der Waals surface area (Å²) in [5.41, 5.74) is 0. The van der Waals surface area contributed by atoms with Gasteiger partial charge in [-0.1, -0.05) is 26.5 Å². The molecule has 0 aromatic rings. The van der Waals surface area contributed by atoms with Gasteiger partial charge in [-0.25, -0.2) is 9.59 Å². The van der Waals surface area contributed by atoms with E-state index in [4.69, 9.17) is 18.9 Å². The molecule has 0 spiro atoms. The predicted octanol–water partition coefficient (Wildman–Crippen LogP) is 5.09. The number of unbranched alkanes of at least 4 members (excludes halogenated alkanes) is 2. The Kier molecular flexibility index (Phi) is 17.0. The van der Waals surface area contributed by atoms with E-state index in [0.717, 1.165) is 49.2 Å². The molecule has 2 aliphatic rings. The maximum atomic E-state index is 11.7. The van der Waals surface area contributed by atoms with Crippen molar-refractivity contribution in [3.63, 3.8) is 0 Å². The Morgan fingerprint density at radius 1 is 0.722 bits per heavy atom. The van der Waals surface area contributed by atoms with E-state index in [0.29, 0.717) is 58.5 Å². The van der Waals surface area contributed by atoms with Gasteiger partial charge >= 0.3 is 23.9 Å². The Labute approximate surface area is 215 Å². The van der Waals surface area contributed by atoms with Crippen molar-refractivity contribution in [3.8, 4) is 0 Å². The number of hydrogen-bond donors (Lipinski definition) is 0. The quantitative estimate of drug-likeness (QED) is 0.116. The summed E-state index contributed by atoms with van der Waals surface area (Å²) in [6, 6.07) is 0. The zero-order chi connectivity index (χ0) is 26.6. The number of hydrogen-bond acceptors (Lipinski definition) is 8. The number of esters is 4. The first kappa shape index (κ1) is 31.4. The van der Waals surface area contributed by atoms with Gasteiger partial charge in [0, 0.05) is 25.0 Å². The van der Waals surface area contributed by atoms with Crippen LogP contribution in [0.15, 0.2) is 25.3 Å². The third-order valence-corrected chi connectivity index (χ3v) is 6.48. The molecule has 2 rings (SSSR count). The third-order valence-electron chi connectivity index (χ3n) is 6.48. The van der Waals surface area contributed by atoms with Gasteiger partial charge < -0.3 is 18.9 Å². The van der Waals surface area contributed by atoms with Crippen LogP contribution in [0.3, 0.4) is 0 Å². The molecule has 36 heavy (non-hydrogen) atoms. The smallest absolute Gasteiger partial charge is 0.330 e. The van der Waals surface area contributed by atoms with Gasteiger partial charge in [-0.3, -0.25) is 9.59 Å². The molecule has 3 atom stereocenters. The van der Waals surface area contributed by atoms with Crippen molar-refractivity contribution < 1.29 is 38.1 Å². The Hall–Kier alpha value is -2.64. The molecule has 2 bridgehead atoms. The SMILES string of the molecule is C=CC(=O)OCCCCOC(=O)CCC.C=CC(=O)OCCCCOC(=O)CCC1CC2CCC1C2. The van der Waals surface area contributed by atoms with Crippen LogP contribution in [0.5, 0.6) is 0 Å². The molecule has 0 saturated heterocycles. The van der Waals surface area contributed by atoms with Crippen molar-refractivity contribution in [1.29, 1.82) is 0 Å². The van der Waals surface area contributed by atoms with Crippen molar-refractivity contribution in [2.24, 2.45) is 17.8 Å². The molecule has 2 fully saturated rings. The van der Waals surface area contributed by atoms with Crippen LogP contribution < -0.4 is 0 Å². The highest BCUT2D eigenvalue weighted by atomic mass is 16.5. The fourth-order valence-electron chi connectivity index (χ4n) is 4.63. The van der Waals surface area contributed by atoms with E-state index in [1.54, 1.807) is 0 Å². The maximum Gasteiger partial charge on any atom is 0.330 e. The molecule has 3 unspecified atom stereocenters. The Bertz CT molecular complexity index is 702. The van der Waals surface area contributed by atoms with Crippen LogP contribution in [0.4, 0.5) is 0 Å². The zero-order valence-corrected chi connectivity index (χ0v) is 21.9. The molecule has 0 amide bonds. The summed E-state index contributed by atoms with van der Waals surface area (Å²) in [6.07, 6.45) is 13.4. The molecule has 0 heterocycles. The molecule has 0 aromatic heterocycles. The van der Waals surface area contributed by atoms with Gasteiger partial charge in [-0.15, -0.1) is 0 Å². The molecule has 0 radical (unpaired) electrons. The number of fused-ring (bicyclic) bond motifs is 2. The van der Waals surface area contributed by atoms with Gasteiger partial charge in [0.2, 0.25) is 0 Å². The first-order chi connectivity index (χ1) is 17.4. The van der Waals surface area contributed by atoms with Crippen molar-refractivity contribution in [2.45, 2.75) is 84.0 Å². The van der Waals surface area contributed by atoms with Crippen LogP contribution in [0.2, 0.25) is 0 Å². The van der Waals surface area contributed by atoms with Crippen LogP contribution in [0.25, 0.3) is 0 Å². The second-order valence-electron chi connectivity index (χ2n) is 9.32. The lowest BCUT2D eigenvalue weighted by Gasteiger charge is -2.20. The fraction of sp³-hybridized carbons (Fsp3) is 0.714. The standard InChI is InChI=1S/C17H26O4.C11H18O4/c1-2-16(18)20-9-3-4-10-21-17(19)8-7-15-12-13-5-6-14(15)11-13;1-3-7-11(13)15-9-6-5-8-14-10(12)4-2/h2,13-15H,1,3-12H2;4H,2-3,5-9H2,1H3. The molecule has 2 aliphatic carbocycles. The van der Waals surface area contributed by atoms with Crippen molar-refractivity contribution in [2.75, 3.05) is 26.4 Å². The average molecular weight is 509 g/mol. The molecule has 8 nitrogen and oxygen atoms in total. The Morgan fingerprint density at radius 3 is 1.64 bits per heavy atom. The lowest BCUT2D eigenvalue weighted by atomic mass is 9.85. The molecule has 0 N–H and O–H groups in total. The van der Waals surface area contributed by atoms with Crippen molar-refractivity contribution >= 4 is 23.9 Å². The lowest BCUT2D eigenvalue weighted by Crippen LogP contribution is -2.14. The van der Waals surface area contributed by atoms with Gasteiger partial charge in [0.1, 0.15) is 0 Å². The topological polar surface area (TPSA) is 105 Å². The second kappa shape index (κ2) is 19.5. The average Bonchev–Trinajstić information content (AvgIpc) is 3.50. The molecule has 8 heteroatoms. The van der Waals surface area contributed by atoms with Gasteiger partial charge in [0.25, 0.3) is 0 Å². The predicted molar refractivity (Wildman–Crippen MR) is 136 cm³/mol. The van der Waals surface area contributed by atoms with Crippen LogP contribution >= 0.6 is 0 Å². The summed E-state index contributed by atoms with van der Waals surface area (Å²) in [5.74, 6) is 1.50. The maximum absolute atomic E-state index is 11.7. The fourth-order valence-corrected chi connectivity index (χ4v) is 4.63. The summed E-state index contributed by atoms with van der Waals surface area (Å²) in [7, 11) is 0. The Morgan fingerprint density at radius 2 is 1.22 bits per heavy atom. The number of carbonyl (C=O) groups excluding carboxylic acids is 4. The molecule has 0 aromatic carbocycles. The zero-order valence-electron chi connectivity index (χ0n) is 21.9. The van der Waals surface area contributed by atoms with Crippen LogP contribution in [0.1, 0.15) is 84.0 Å². The van der Waals surface area contributed by atoms with Crippen LogP contribution in [-0.2, 0) is 38.1 Å². The van der Waals surface area contributed by atoms with Gasteiger partial charge in [-0.2, -0.15) is 0 Å². The minimum atomic E-state index is -0.419. The minimum Gasteiger partial charge on any atom is -0.466 e. The highest BCUT2D eigenvalue weighted by molar-refractivity contribution is 5.81. The minimum absolute atomic E-state index is 0.0825. The molecule has 204 valence electrons. The van der Waals surface area contributed by atoms with Gasteiger partial charge in [0.05, 0.1) is 26.4 Å². The second-order valence-corrected chi connectivity index (χ2v) is 9.32. The number of carbonyl (C=O) groups is 4. The van der Waals surface area contributed by atoms with Crippen LogP contribution in [-0.4, -0.2) is 50.3 Å². The largest absolute Gasteiger partial charge is 0.466 e. The first-order valence-corrected chi connectivity index (χ1v) is 13.3. The monoisotopic (exact) mass is 508 g/mol. The molecular weight excluding hydrogens is 464 g/mol. The molecule has 0 aliphatic heterocycles. The van der Waals surface area contributed by atoms with E-state index in [2.05, 4.69) is 13.2 Å². The Balaban J connectivity index is 0.000000384. The van der Waals surface area contributed by atoms with E-state index < -0.39 is 11.9 Å². The van der Waals surface area contributed by atoms with E-state index in [9.17, 15) is 19.2 Å². The first-order valence-electron chi connectivity index (χ1n) is 13.3. The summed E-state index contributed by atoms with van der Waals surface area (Å²) in [6.45, 7) is 10.0. The van der Waals surface area contributed by atoms with Crippen molar-refractivity contribution in [3.05, 3.63) is 25.3 Å². The summed E-state index contributed by atoms with van der Waals surface area (Å²) < 4.78 is 19.7. The number of rotatable bonds is 17. The van der Waals surface area contributed by atoms with Crippen LogP contribution in [0, 0.1) is 17.8 Å². The highest BCUT2D eigenvalue weighted by Gasteiger charge is 2.39.